The van der Waals surface area contributed by atoms with Gasteiger partial charge in [0.2, 0.25) is 0 Å². The van der Waals surface area contributed by atoms with Crippen LogP contribution in [0.2, 0.25) is 0 Å². The average Bonchev–Trinajstić information content (AvgIpc) is 3.30. The minimum Gasteiger partial charge on any atom is -0.484 e. The number of hydrogen-bond acceptors (Lipinski definition) is 6. The fraction of sp³-hybridized carbons (Fsp3) is 0.0476. The van der Waals surface area contributed by atoms with Crippen LogP contribution in [0.15, 0.2) is 79.4 Å². The van der Waals surface area contributed by atoms with E-state index in [1.165, 1.54) is 30.6 Å². The van der Waals surface area contributed by atoms with Crippen LogP contribution in [0.3, 0.4) is 0 Å². The molecule has 8 nitrogen and oxygen atoms in total. The lowest BCUT2D eigenvalue weighted by molar-refractivity contribution is -0.118. The number of anilines is 3. The molecule has 0 aliphatic carbocycles. The third-order valence-electron chi connectivity index (χ3n) is 4.02. The molecule has 0 aliphatic heterocycles. The Hall–Kier alpha value is -4.27. The van der Waals surface area contributed by atoms with Gasteiger partial charge in [-0.15, -0.1) is 0 Å². The van der Waals surface area contributed by atoms with Crippen molar-refractivity contribution in [1.82, 2.24) is 19.7 Å². The number of nitrogens with one attached hydrogen (secondary N) is 2. The molecule has 4 aromatic rings. The molecule has 2 aromatic heterocycles. The molecular weight excluding hydrogens is 387 g/mol. The topological polar surface area (TPSA) is 94.0 Å². The van der Waals surface area contributed by atoms with Crippen molar-refractivity contribution in [2.75, 3.05) is 17.2 Å². The quantitative estimate of drug-likeness (QED) is 0.489. The molecule has 2 aromatic carbocycles. The van der Waals surface area contributed by atoms with Gasteiger partial charge in [0.05, 0.1) is 0 Å². The molecule has 0 radical (unpaired) electrons. The van der Waals surface area contributed by atoms with Gasteiger partial charge in [0.1, 0.15) is 23.7 Å². The van der Waals surface area contributed by atoms with Gasteiger partial charge in [-0.05, 0) is 54.6 Å². The molecule has 0 bridgehead atoms. The lowest BCUT2D eigenvalue weighted by Gasteiger charge is -2.10. The van der Waals surface area contributed by atoms with Gasteiger partial charge in [-0.1, -0.05) is 0 Å². The maximum atomic E-state index is 12.9. The highest BCUT2D eigenvalue weighted by Crippen LogP contribution is 2.18. The summed E-state index contributed by atoms with van der Waals surface area (Å²) in [6, 6.07) is 16.2. The largest absolute Gasteiger partial charge is 0.484 e. The third-order valence-corrected chi connectivity index (χ3v) is 4.02. The Bertz CT molecular complexity index is 1120. The van der Waals surface area contributed by atoms with Crippen LogP contribution in [-0.2, 0) is 4.79 Å². The van der Waals surface area contributed by atoms with E-state index in [1.807, 2.05) is 18.2 Å². The summed E-state index contributed by atoms with van der Waals surface area (Å²) < 4.78 is 19.8. The van der Waals surface area contributed by atoms with Gasteiger partial charge in [-0.3, -0.25) is 4.79 Å². The van der Waals surface area contributed by atoms with Crippen LogP contribution in [-0.4, -0.2) is 32.3 Å². The molecule has 0 spiro atoms. The summed E-state index contributed by atoms with van der Waals surface area (Å²) in [5.74, 6) is 0.993. The highest BCUT2D eigenvalue weighted by Gasteiger charge is 2.05. The van der Waals surface area contributed by atoms with Gasteiger partial charge in [0, 0.05) is 29.8 Å². The monoisotopic (exact) mass is 404 g/mol. The number of carbonyl (C=O) groups excluding carboxylic acids is 1. The van der Waals surface area contributed by atoms with Crippen molar-refractivity contribution in [2.24, 2.45) is 0 Å². The highest BCUT2D eigenvalue weighted by atomic mass is 19.1. The number of halogens is 1. The molecule has 9 heteroatoms. The first-order valence-corrected chi connectivity index (χ1v) is 9.03. The van der Waals surface area contributed by atoms with Crippen molar-refractivity contribution in [3.05, 3.63) is 85.2 Å². The van der Waals surface area contributed by atoms with Crippen LogP contribution in [0, 0.1) is 5.82 Å². The van der Waals surface area contributed by atoms with Gasteiger partial charge in [-0.2, -0.15) is 5.10 Å². The first-order chi connectivity index (χ1) is 14.7. The van der Waals surface area contributed by atoms with Gasteiger partial charge in [-0.25, -0.2) is 19.0 Å². The predicted octanol–water partition coefficient (Wildman–Crippen LogP) is 3.56. The Kier molecular flexibility index (Phi) is 5.61. The number of amides is 1. The van der Waals surface area contributed by atoms with E-state index in [9.17, 15) is 9.18 Å². The zero-order valence-corrected chi connectivity index (χ0v) is 15.7. The molecule has 4 rings (SSSR count). The zero-order chi connectivity index (χ0) is 20.8. The Labute approximate surface area is 171 Å². The van der Waals surface area contributed by atoms with Crippen LogP contribution in [0.5, 0.6) is 5.75 Å². The Balaban J connectivity index is 1.32. The molecule has 2 heterocycles. The summed E-state index contributed by atoms with van der Waals surface area (Å²) in [5, 5.41) is 10.1. The smallest absolute Gasteiger partial charge is 0.262 e. The molecule has 0 saturated heterocycles. The number of hydrogen-bond donors (Lipinski definition) is 2. The average molecular weight is 404 g/mol. The number of rotatable bonds is 7. The molecule has 30 heavy (non-hydrogen) atoms. The number of nitrogens with zero attached hydrogens (tertiary/aromatic N) is 4. The minimum absolute atomic E-state index is 0.178. The van der Waals surface area contributed by atoms with E-state index < -0.39 is 0 Å². The number of ether oxygens (including phenoxy) is 1. The normalized spacial score (nSPS) is 10.4. The fourth-order valence-electron chi connectivity index (χ4n) is 2.61. The molecule has 150 valence electrons. The maximum absolute atomic E-state index is 12.9. The molecule has 0 aliphatic rings. The van der Waals surface area contributed by atoms with Crippen molar-refractivity contribution < 1.29 is 13.9 Å². The first-order valence-electron chi connectivity index (χ1n) is 9.03. The summed E-state index contributed by atoms with van der Waals surface area (Å²) in [5.41, 5.74) is 1.41. The van der Waals surface area contributed by atoms with Crippen LogP contribution in [0.25, 0.3) is 5.82 Å². The number of carbonyl (C=O) groups is 1. The van der Waals surface area contributed by atoms with Crippen molar-refractivity contribution in [3.63, 3.8) is 0 Å². The van der Waals surface area contributed by atoms with Crippen LogP contribution in [0.1, 0.15) is 0 Å². The SMILES string of the molecule is O=C(COc1ccc(F)cc1)Nc1ccc(Nc2cc(-n3cccn3)ncn2)cc1. The highest BCUT2D eigenvalue weighted by molar-refractivity contribution is 5.92. The van der Waals surface area contributed by atoms with Crippen LogP contribution >= 0.6 is 0 Å². The fourth-order valence-corrected chi connectivity index (χ4v) is 2.61. The van der Waals surface area contributed by atoms with E-state index in [1.54, 1.807) is 35.3 Å². The van der Waals surface area contributed by atoms with E-state index in [0.29, 0.717) is 23.1 Å². The van der Waals surface area contributed by atoms with Crippen LogP contribution < -0.4 is 15.4 Å². The Morgan fingerprint density at radius 1 is 1.03 bits per heavy atom. The summed E-state index contributed by atoms with van der Waals surface area (Å²) in [4.78, 5) is 20.4. The molecule has 0 atom stereocenters. The third kappa shape index (κ3) is 4.96. The second-order valence-electron chi connectivity index (χ2n) is 6.21. The van der Waals surface area contributed by atoms with Gasteiger partial charge >= 0.3 is 0 Å². The van der Waals surface area contributed by atoms with Crippen molar-refractivity contribution in [2.45, 2.75) is 0 Å². The summed E-state index contributed by atoms with van der Waals surface area (Å²) in [7, 11) is 0. The van der Waals surface area contributed by atoms with E-state index in [-0.39, 0.29) is 18.3 Å². The predicted molar refractivity (Wildman–Crippen MR) is 109 cm³/mol. The molecule has 0 unspecified atom stereocenters. The second-order valence-corrected chi connectivity index (χ2v) is 6.21. The molecule has 0 fully saturated rings. The Morgan fingerprint density at radius 3 is 2.53 bits per heavy atom. The van der Waals surface area contributed by atoms with E-state index in [0.717, 1.165) is 5.69 Å². The van der Waals surface area contributed by atoms with E-state index in [4.69, 9.17) is 4.74 Å². The molecule has 1 amide bonds. The van der Waals surface area contributed by atoms with Gasteiger partial charge in [0.25, 0.3) is 5.91 Å². The van der Waals surface area contributed by atoms with Crippen molar-refractivity contribution in [1.29, 1.82) is 0 Å². The lowest BCUT2D eigenvalue weighted by atomic mass is 10.2. The second kappa shape index (κ2) is 8.82. The minimum atomic E-state index is -0.361. The first kappa shape index (κ1) is 19.1. The van der Waals surface area contributed by atoms with Crippen LogP contribution in [0.4, 0.5) is 21.6 Å². The number of benzene rings is 2. The molecular formula is C21H17FN6O2. The van der Waals surface area contributed by atoms with Crippen molar-refractivity contribution >= 4 is 23.1 Å². The number of aromatic nitrogens is 4. The lowest BCUT2D eigenvalue weighted by Crippen LogP contribution is -2.20. The van der Waals surface area contributed by atoms with Gasteiger partial charge in [0.15, 0.2) is 12.4 Å². The Morgan fingerprint density at radius 2 is 1.80 bits per heavy atom. The molecule has 2 N–H and O–H groups in total. The van der Waals surface area contributed by atoms with E-state index >= 15 is 0 Å². The standard InChI is InChI=1S/C21H17FN6O2/c22-15-2-8-18(9-3-15)30-13-21(29)27-17-6-4-16(5-7-17)26-19-12-20(24-14-23-19)28-11-1-10-25-28/h1-12,14H,13H2,(H,27,29)(H,23,24,26). The maximum Gasteiger partial charge on any atom is 0.262 e. The zero-order valence-electron chi connectivity index (χ0n) is 15.7. The van der Waals surface area contributed by atoms with Gasteiger partial charge < -0.3 is 15.4 Å². The van der Waals surface area contributed by atoms with Crippen molar-refractivity contribution in [3.8, 4) is 11.6 Å². The molecule has 0 saturated carbocycles. The summed E-state index contributed by atoms with van der Waals surface area (Å²) >= 11 is 0. The summed E-state index contributed by atoms with van der Waals surface area (Å²) in [6.07, 6.45) is 4.92. The van der Waals surface area contributed by atoms with E-state index in [2.05, 4.69) is 25.7 Å². The summed E-state index contributed by atoms with van der Waals surface area (Å²) in [6.45, 7) is -0.178.